The summed E-state index contributed by atoms with van der Waals surface area (Å²) in [6.45, 7) is 0. The summed E-state index contributed by atoms with van der Waals surface area (Å²) in [7, 11) is 0. The first kappa shape index (κ1) is 34.4. The van der Waals surface area contributed by atoms with Gasteiger partial charge in [-0.1, -0.05) is 164 Å². The summed E-state index contributed by atoms with van der Waals surface area (Å²) < 4.78 is 6.77. The van der Waals surface area contributed by atoms with E-state index in [0.717, 1.165) is 67.0 Å². The summed E-state index contributed by atoms with van der Waals surface area (Å²) in [6, 6.07) is 82.2. The Bertz CT molecular complexity index is 3250. The molecule has 0 radical (unpaired) electrons. The first-order valence-corrected chi connectivity index (χ1v) is 20.1. The van der Waals surface area contributed by atoms with Crippen molar-refractivity contribution in [1.82, 2.24) is 0 Å². The summed E-state index contributed by atoms with van der Waals surface area (Å²) in [6.07, 6.45) is 0. The van der Waals surface area contributed by atoms with Crippen molar-refractivity contribution in [2.45, 2.75) is 0 Å². The van der Waals surface area contributed by atoms with Crippen LogP contribution < -0.4 is 9.80 Å². The lowest BCUT2D eigenvalue weighted by molar-refractivity contribution is 0.669. The van der Waals surface area contributed by atoms with Gasteiger partial charge in [0.15, 0.2) is 5.58 Å². The number of nitrogens with zero attached hydrogens (tertiary/aromatic N) is 2. The van der Waals surface area contributed by atoms with Crippen molar-refractivity contribution in [3.63, 3.8) is 0 Å². The molecule has 59 heavy (non-hydrogen) atoms. The van der Waals surface area contributed by atoms with E-state index in [1.54, 1.807) is 0 Å². The number of furan rings is 1. The lowest BCUT2D eigenvalue weighted by Crippen LogP contribution is -2.12. The molecule has 11 rings (SSSR count). The normalized spacial score (nSPS) is 11.4. The van der Waals surface area contributed by atoms with Crippen LogP contribution in [0, 0.1) is 0 Å². The summed E-state index contributed by atoms with van der Waals surface area (Å²) in [5, 5.41) is 6.97. The van der Waals surface area contributed by atoms with Gasteiger partial charge in [0.25, 0.3) is 0 Å². The lowest BCUT2D eigenvalue weighted by atomic mass is 9.94. The summed E-state index contributed by atoms with van der Waals surface area (Å²) >= 11 is 0. The molecule has 1 aromatic heterocycles. The van der Waals surface area contributed by atoms with Crippen molar-refractivity contribution in [2.24, 2.45) is 0 Å². The molecule has 0 fully saturated rings. The van der Waals surface area contributed by atoms with Gasteiger partial charge in [-0.05, 0) is 105 Å². The standard InChI is InChI=1S/C56H38N2O/c1-4-16-39(17-5-1)40-28-33-46(34-29-40)57(44-20-6-2-7-21-44)51-37-32-41-18-10-12-24-48(41)54(51)42-30-35-47(36-31-42)58(45-22-8-3-9-23-45)52-38-43-19-11-13-25-49(43)55-50-26-14-15-27-53(50)59-56(52)55/h1-38H. The van der Waals surface area contributed by atoms with Crippen LogP contribution in [-0.2, 0) is 0 Å². The van der Waals surface area contributed by atoms with Gasteiger partial charge in [0.05, 0.1) is 11.4 Å². The Morgan fingerprint density at radius 2 is 0.780 bits per heavy atom. The molecule has 1 heterocycles. The van der Waals surface area contributed by atoms with Crippen molar-refractivity contribution < 1.29 is 4.42 Å². The highest BCUT2D eigenvalue weighted by Crippen LogP contribution is 2.48. The number of rotatable bonds is 8. The van der Waals surface area contributed by atoms with Crippen LogP contribution in [0.1, 0.15) is 0 Å². The van der Waals surface area contributed by atoms with Gasteiger partial charge in [0, 0.05) is 39.1 Å². The van der Waals surface area contributed by atoms with E-state index < -0.39 is 0 Å². The SMILES string of the molecule is c1ccc(-c2ccc(N(c3ccccc3)c3ccc4ccccc4c3-c3ccc(N(c4ccccc4)c4cc5ccccc5c5c4oc4ccccc45)cc3)cc2)cc1. The van der Waals surface area contributed by atoms with E-state index in [2.05, 4.69) is 234 Å². The molecule has 0 amide bonds. The molecule has 0 spiro atoms. The quantitative estimate of drug-likeness (QED) is 0.154. The van der Waals surface area contributed by atoms with Gasteiger partial charge in [-0.3, -0.25) is 0 Å². The Morgan fingerprint density at radius 1 is 0.305 bits per heavy atom. The third kappa shape index (κ3) is 6.08. The van der Waals surface area contributed by atoms with Gasteiger partial charge < -0.3 is 14.2 Å². The average Bonchev–Trinajstić information content (AvgIpc) is 3.71. The highest BCUT2D eigenvalue weighted by atomic mass is 16.3. The highest BCUT2D eigenvalue weighted by molar-refractivity contribution is 6.23. The fraction of sp³-hybridized carbons (Fsp3) is 0. The Hall–Kier alpha value is -7.88. The second-order valence-electron chi connectivity index (χ2n) is 14.9. The van der Waals surface area contributed by atoms with Crippen LogP contribution in [0.15, 0.2) is 235 Å². The fourth-order valence-electron chi connectivity index (χ4n) is 8.69. The number of fused-ring (bicyclic) bond motifs is 6. The van der Waals surface area contributed by atoms with Gasteiger partial charge in [0.1, 0.15) is 5.58 Å². The molecule has 10 aromatic carbocycles. The van der Waals surface area contributed by atoms with Gasteiger partial charge in [-0.2, -0.15) is 0 Å². The zero-order valence-corrected chi connectivity index (χ0v) is 32.2. The Kier molecular flexibility index (Phi) is 8.49. The maximum atomic E-state index is 6.77. The maximum Gasteiger partial charge on any atom is 0.160 e. The number of para-hydroxylation sites is 3. The van der Waals surface area contributed by atoms with E-state index in [1.165, 1.54) is 32.8 Å². The van der Waals surface area contributed by atoms with Crippen LogP contribution in [0.2, 0.25) is 0 Å². The molecule has 3 heteroatoms. The highest BCUT2D eigenvalue weighted by Gasteiger charge is 2.23. The predicted molar refractivity (Wildman–Crippen MR) is 249 cm³/mol. The van der Waals surface area contributed by atoms with Crippen LogP contribution in [0.25, 0.3) is 65.7 Å². The minimum Gasteiger partial charge on any atom is -0.454 e. The van der Waals surface area contributed by atoms with E-state index in [1.807, 2.05) is 6.07 Å². The molecule has 0 saturated heterocycles. The molecule has 0 saturated carbocycles. The van der Waals surface area contributed by atoms with Crippen LogP contribution in [0.4, 0.5) is 34.1 Å². The van der Waals surface area contributed by atoms with Crippen molar-refractivity contribution >= 4 is 77.6 Å². The van der Waals surface area contributed by atoms with E-state index in [0.29, 0.717) is 0 Å². The number of anilines is 6. The number of hydrogen-bond acceptors (Lipinski definition) is 3. The van der Waals surface area contributed by atoms with E-state index >= 15 is 0 Å². The summed E-state index contributed by atoms with van der Waals surface area (Å²) in [5.41, 5.74) is 12.8. The second kappa shape index (κ2) is 14.6. The monoisotopic (exact) mass is 754 g/mol. The number of benzene rings is 10. The van der Waals surface area contributed by atoms with Crippen molar-refractivity contribution in [2.75, 3.05) is 9.80 Å². The molecular weight excluding hydrogens is 717 g/mol. The Labute approximate surface area is 343 Å². The molecule has 0 bridgehead atoms. The first-order chi connectivity index (χ1) is 29.3. The van der Waals surface area contributed by atoms with Crippen molar-refractivity contribution in [3.8, 4) is 22.3 Å². The molecule has 11 aromatic rings. The lowest BCUT2D eigenvalue weighted by Gasteiger charge is -2.29. The zero-order chi connectivity index (χ0) is 39.1. The average molecular weight is 755 g/mol. The largest absolute Gasteiger partial charge is 0.454 e. The first-order valence-electron chi connectivity index (χ1n) is 20.1. The molecular formula is C56H38N2O. The smallest absolute Gasteiger partial charge is 0.160 e. The fourth-order valence-corrected chi connectivity index (χ4v) is 8.69. The third-order valence-corrected chi connectivity index (χ3v) is 11.4. The molecule has 0 aliphatic rings. The van der Waals surface area contributed by atoms with Crippen molar-refractivity contribution in [3.05, 3.63) is 231 Å². The Morgan fingerprint density at radius 3 is 1.44 bits per heavy atom. The van der Waals surface area contributed by atoms with Crippen LogP contribution in [0.5, 0.6) is 0 Å². The van der Waals surface area contributed by atoms with Crippen LogP contribution in [-0.4, -0.2) is 0 Å². The van der Waals surface area contributed by atoms with Gasteiger partial charge in [-0.25, -0.2) is 0 Å². The zero-order valence-electron chi connectivity index (χ0n) is 32.2. The Balaban J connectivity index is 1.09. The summed E-state index contributed by atoms with van der Waals surface area (Å²) in [4.78, 5) is 4.71. The number of hydrogen-bond donors (Lipinski definition) is 0. The molecule has 0 aliphatic heterocycles. The molecule has 0 atom stereocenters. The van der Waals surface area contributed by atoms with E-state index in [4.69, 9.17) is 4.42 Å². The van der Waals surface area contributed by atoms with Gasteiger partial charge in [0.2, 0.25) is 0 Å². The van der Waals surface area contributed by atoms with E-state index in [9.17, 15) is 0 Å². The predicted octanol–water partition coefficient (Wildman–Crippen LogP) is 16.2. The second-order valence-corrected chi connectivity index (χ2v) is 14.9. The van der Waals surface area contributed by atoms with Crippen molar-refractivity contribution in [1.29, 1.82) is 0 Å². The topological polar surface area (TPSA) is 19.6 Å². The van der Waals surface area contributed by atoms with E-state index in [-0.39, 0.29) is 0 Å². The molecule has 3 nitrogen and oxygen atoms in total. The van der Waals surface area contributed by atoms with Gasteiger partial charge in [-0.15, -0.1) is 0 Å². The molecule has 0 aliphatic carbocycles. The molecule has 278 valence electrons. The maximum absolute atomic E-state index is 6.77. The minimum atomic E-state index is 0.867. The summed E-state index contributed by atoms with van der Waals surface area (Å²) in [5.74, 6) is 0. The minimum absolute atomic E-state index is 0.867. The van der Waals surface area contributed by atoms with Gasteiger partial charge >= 0.3 is 0 Å². The van der Waals surface area contributed by atoms with Crippen LogP contribution >= 0.6 is 0 Å². The molecule has 0 N–H and O–H groups in total. The molecule has 0 unspecified atom stereocenters. The van der Waals surface area contributed by atoms with Crippen LogP contribution in [0.3, 0.4) is 0 Å². The third-order valence-electron chi connectivity index (χ3n) is 11.4.